The van der Waals surface area contributed by atoms with Crippen molar-refractivity contribution in [3.8, 4) is 11.5 Å². The van der Waals surface area contributed by atoms with Crippen LogP contribution in [0.4, 0.5) is 0 Å². The second kappa shape index (κ2) is 4.56. The quantitative estimate of drug-likeness (QED) is 0.604. The molecule has 3 heteroatoms. The average Bonchev–Trinajstić information content (AvgIpc) is 2.20. The Kier molecular flexibility index (Phi) is 3.13. The monoisotopic (exact) mass is 220 g/mol. The Morgan fingerprint density at radius 3 is 2.56 bits per heavy atom. The lowest BCUT2D eigenvalue weighted by Crippen LogP contribution is -2.24. The SMILES string of the molecule is O=CC(Cc1ccc(O)c(O)c1)C1CCC1. The molecule has 1 unspecified atom stereocenters. The Morgan fingerprint density at radius 2 is 2.06 bits per heavy atom. The second-order valence-electron chi connectivity index (χ2n) is 4.52. The number of rotatable bonds is 4. The predicted molar refractivity (Wildman–Crippen MR) is 60.4 cm³/mol. The summed E-state index contributed by atoms with van der Waals surface area (Å²) in [6.45, 7) is 0. The highest BCUT2D eigenvalue weighted by atomic mass is 16.3. The highest BCUT2D eigenvalue weighted by Gasteiger charge is 2.27. The molecule has 0 saturated heterocycles. The molecule has 0 aliphatic heterocycles. The van der Waals surface area contributed by atoms with Crippen LogP contribution in [0.15, 0.2) is 18.2 Å². The van der Waals surface area contributed by atoms with Gasteiger partial charge in [-0.1, -0.05) is 12.5 Å². The van der Waals surface area contributed by atoms with E-state index in [4.69, 9.17) is 0 Å². The van der Waals surface area contributed by atoms with Crippen molar-refractivity contribution < 1.29 is 15.0 Å². The summed E-state index contributed by atoms with van der Waals surface area (Å²) in [7, 11) is 0. The zero-order chi connectivity index (χ0) is 11.5. The first-order valence-corrected chi connectivity index (χ1v) is 5.67. The summed E-state index contributed by atoms with van der Waals surface area (Å²) in [6, 6.07) is 4.75. The van der Waals surface area contributed by atoms with Crippen LogP contribution in [-0.4, -0.2) is 16.5 Å². The zero-order valence-corrected chi connectivity index (χ0v) is 9.10. The molecule has 1 fully saturated rings. The fourth-order valence-electron chi connectivity index (χ4n) is 2.16. The molecule has 86 valence electrons. The topological polar surface area (TPSA) is 57.5 Å². The number of aldehydes is 1. The van der Waals surface area contributed by atoms with Gasteiger partial charge in [-0.25, -0.2) is 0 Å². The van der Waals surface area contributed by atoms with Gasteiger partial charge >= 0.3 is 0 Å². The zero-order valence-electron chi connectivity index (χ0n) is 9.10. The van der Waals surface area contributed by atoms with Gasteiger partial charge in [0.15, 0.2) is 11.5 Å². The van der Waals surface area contributed by atoms with E-state index in [2.05, 4.69) is 0 Å². The summed E-state index contributed by atoms with van der Waals surface area (Å²) in [4.78, 5) is 11.0. The molecule has 1 aliphatic rings. The van der Waals surface area contributed by atoms with E-state index in [9.17, 15) is 15.0 Å². The van der Waals surface area contributed by atoms with Crippen LogP contribution in [0.1, 0.15) is 24.8 Å². The van der Waals surface area contributed by atoms with E-state index in [0.29, 0.717) is 12.3 Å². The summed E-state index contributed by atoms with van der Waals surface area (Å²) in [5.41, 5.74) is 0.902. The van der Waals surface area contributed by atoms with E-state index in [1.807, 2.05) is 0 Å². The average molecular weight is 220 g/mol. The van der Waals surface area contributed by atoms with Gasteiger partial charge in [0, 0.05) is 5.92 Å². The van der Waals surface area contributed by atoms with Crippen molar-refractivity contribution in [2.75, 3.05) is 0 Å². The van der Waals surface area contributed by atoms with Crippen LogP contribution in [-0.2, 0) is 11.2 Å². The summed E-state index contributed by atoms with van der Waals surface area (Å²) in [5.74, 6) is 0.331. The first-order chi connectivity index (χ1) is 7.70. The smallest absolute Gasteiger partial charge is 0.157 e. The van der Waals surface area contributed by atoms with Crippen LogP contribution in [0.5, 0.6) is 11.5 Å². The molecule has 2 N–H and O–H groups in total. The molecule has 2 rings (SSSR count). The molecule has 1 aromatic carbocycles. The first kappa shape index (κ1) is 11.0. The van der Waals surface area contributed by atoms with Crippen molar-refractivity contribution >= 4 is 6.29 Å². The maximum Gasteiger partial charge on any atom is 0.157 e. The number of hydrogen-bond donors (Lipinski definition) is 2. The minimum absolute atomic E-state index is 0.0534. The van der Waals surface area contributed by atoms with Crippen LogP contribution in [0.25, 0.3) is 0 Å². The van der Waals surface area contributed by atoms with Gasteiger partial charge < -0.3 is 15.0 Å². The van der Waals surface area contributed by atoms with Gasteiger partial charge in [-0.2, -0.15) is 0 Å². The molecular weight excluding hydrogens is 204 g/mol. The normalized spacial score (nSPS) is 17.8. The molecule has 0 heterocycles. The first-order valence-electron chi connectivity index (χ1n) is 5.67. The number of phenols is 2. The van der Waals surface area contributed by atoms with Gasteiger partial charge in [-0.3, -0.25) is 0 Å². The number of carbonyl (C=O) groups is 1. The Bertz CT molecular complexity index is 383. The molecule has 0 spiro atoms. The Balaban J connectivity index is 2.06. The van der Waals surface area contributed by atoms with Crippen LogP contribution < -0.4 is 0 Å². The van der Waals surface area contributed by atoms with Crippen molar-refractivity contribution in [2.24, 2.45) is 11.8 Å². The molecule has 3 nitrogen and oxygen atoms in total. The van der Waals surface area contributed by atoms with Gasteiger partial charge in [-0.15, -0.1) is 0 Å². The third-order valence-corrected chi connectivity index (χ3v) is 3.44. The van der Waals surface area contributed by atoms with Crippen molar-refractivity contribution in [2.45, 2.75) is 25.7 Å². The lowest BCUT2D eigenvalue weighted by atomic mass is 9.74. The molecule has 1 atom stereocenters. The van der Waals surface area contributed by atoms with E-state index in [-0.39, 0.29) is 17.4 Å². The van der Waals surface area contributed by atoms with Crippen molar-refractivity contribution in [1.82, 2.24) is 0 Å². The predicted octanol–water partition coefficient (Wildman–Crippen LogP) is 2.26. The maximum atomic E-state index is 11.0. The molecule has 16 heavy (non-hydrogen) atoms. The van der Waals surface area contributed by atoms with Crippen molar-refractivity contribution in [3.63, 3.8) is 0 Å². The van der Waals surface area contributed by atoms with Crippen molar-refractivity contribution in [3.05, 3.63) is 23.8 Å². The minimum Gasteiger partial charge on any atom is -0.504 e. The highest BCUT2D eigenvalue weighted by Crippen LogP contribution is 2.35. The van der Waals surface area contributed by atoms with Gasteiger partial charge in [0.25, 0.3) is 0 Å². The highest BCUT2D eigenvalue weighted by molar-refractivity contribution is 5.55. The molecule has 0 amide bonds. The molecule has 1 saturated carbocycles. The lowest BCUT2D eigenvalue weighted by molar-refractivity contribution is -0.113. The third kappa shape index (κ3) is 2.18. The van der Waals surface area contributed by atoms with Gasteiger partial charge in [-0.05, 0) is 42.9 Å². The van der Waals surface area contributed by atoms with E-state index < -0.39 is 0 Å². The Labute approximate surface area is 94.7 Å². The number of carbonyl (C=O) groups excluding carboxylic acids is 1. The number of phenolic OH excluding ortho intramolecular Hbond substituents is 2. The summed E-state index contributed by atoms with van der Waals surface area (Å²) >= 11 is 0. The number of hydrogen-bond acceptors (Lipinski definition) is 3. The van der Waals surface area contributed by atoms with Gasteiger partial charge in [0.2, 0.25) is 0 Å². The fraction of sp³-hybridized carbons (Fsp3) is 0.462. The Morgan fingerprint density at radius 1 is 1.31 bits per heavy atom. The van der Waals surface area contributed by atoms with Crippen LogP contribution in [0.2, 0.25) is 0 Å². The van der Waals surface area contributed by atoms with Crippen LogP contribution in [0, 0.1) is 11.8 Å². The van der Waals surface area contributed by atoms with E-state index in [1.165, 1.54) is 18.6 Å². The lowest BCUT2D eigenvalue weighted by Gasteiger charge is -2.30. The maximum absolute atomic E-state index is 11.0. The van der Waals surface area contributed by atoms with Gasteiger partial charge in [0.05, 0.1) is 0 Å². The molecule has 0 bridgehead atoms. The Hall–Kier alpha value is -1.51. The largest absolute Gasteiger partial charge is 0.504 e. The summed E-state index contributed by atoms with van der Waals surface area (Å²) in [6.07, 6.45) is 5.16. The molecular formula is C13H16O3. The molecule has 0 radical (unpaired) electrons. The van der Waals surface area contributed by atoms with E-state index in [1.54, 1.807) is 6.07 Å². The van der Waals surface area contributed by atoms with Crippen LogP contribution >= 0.6 is 0 Å². The molecule has 1 aliphatic carbocycles. The summed E-state index contributed by atoms with van der Waals surface area (Å²) < 4.78 is 0. The second-order valence-corrected chi connectivity index (χ2v) is 4.52. The third-order valence-electron chi connectivity index (χ3n) is 3.44. The molecule has 1 aromatic rings. The standard InChI is InChI=1S/C13H16O3/c14-8-11(10-2-1-3-10)6-9-4-5-12(15)13(16)7-9/h4-5,7-8,10-11,15-16H,1-3,6H2. The van der Waals surface area contributed by atoms with E-state index in [0.717, 1.165) is 24.7 Å². The minimum atomic E-state index is -0.116. The number of aromatic hydroxyl groups is 2. The fourth-order valence-corrected chi connectivity index (χ4v) is 2.16. The number of benzene rings is 1. The van der Waals surface area contributed by atoms with E-state index >= 15 is 0 Å². The van der Waals surface area contributed by atoms with Gasteiger partial charge in [0.1, 0.15) is 6.29 Å². The van der Waals surface area contributed by atoms with Crippen LogP contribution in [0.3, 0.4) is 0 Å². The summed E-state index contributed by atoms with van der Waals surface area (Å²) in [5, 5.41) is 18.5. The van der Waals surface area contributed by atoms with Crippen molar-refractivity contribution in [1.29, 1.82) is 0 Å². The molecule has 0 aromatic heterocycles.